The lowest BCUT2D eigenvalue weighted by Crippen LogP contribution is -2.39. The van der Waals surface area contributed by atoms with Crippen LogP contribution in [0.2, 0.25) is 0 Å². The second-order valence-electron chi connectivity index (χ2n) is 5.18. The highest BCUT2D eigenvalue weighted by atomic mass is 15.3. The molecule has 0 aliphatic heterocycles. The fourth-order valence-corrected chi connectivity index (χ4v) is 2.49. The van der Waals surface area contributed by atoms with Crippen LogP contribution in [0.5, 0.6) is 0 Å². The Labute approximate surface area is 98.2 Å². The van der Waals surface area contributed by atoms with Crippen LogP contribution >= 0.6 is 0 Å². The molecule has 2 atom stereocenters. The average molecular weight is 221 g/mol. The van der Waals surface area contributed by atoms with Crippen LogP contribution in [-0.2, 0) is 0 Å². The van der Waals surface area contributed by atoms with E-state index in [1.54, 1.807) is 0 Å². The number of nitrogens with zero attached hydrogens (tertiary/aromatic N) is 2. The maximum absolute atomic E-state index is 4.39. The molecule has 0 saturated heterocycles. The Hall–Kier alpha value is -0.830. The van der Waals surface area contributed by atoms with Crippen LogP contribution in [0.25, 0.3) is 0 Å². The first kappa shape index (κ1) is 11.6. The van der Waals surface area contributed by atoms with Gasteiger partial charge in [-0.15, -0.1) is 0 Å². The molecule has 2 rings (SSSR count). The molecule has 0 spiro atoms. The highest BCUT2D eigenvalue weighted by molar-refractivity contribution is 5.01. The summed E-state index contributed by atoms with van der Waals surface area (Å²) in [4.78, 5) is 0. The van der Waals surface area contributed by atoms with Gasteiger partial charge in [0.05, 0.1) is 12.2 Å². The summed E-state index contributed by atoms with van der Waals surface area (Å²) in [6.07, 6.45) is 9.51. The van der Waals surface area contributed by atoms with Crippen LogP contribution in [-0.4, -0.2) is 21.9 Å². The summed E-state index contributed by atoms with van der Waals surface area (Å²) in [6.45, 7) is 6.59. The number of nitrogens with one attached hydrogen (secondary N) is 1. The second-order valence-corrected chi connectivity index (χ2v) is 5.18. The minimum atomic E-state index is 0.425. The number of hydrogen-bond acceptors (Lipinski definition) is 2. The summed E-state index contributed by atoms with van der Waals surface area (Å²) in [7, 11) is 0. The lowest BCUT2D eigenvalue weighted by atomic mass is 10.1. The first-order valence-electron chi connectivity index (χ1n) is 6.43. The molecule has 0 unspecified atom stereocenters. The van der Waals surface area contributed by atoms with E-state index in [-0.39, 0.29) is 0 Å². The first-order valence-corrected chi connectivity index (χ1v) is 6.43. The van der Waals surface area contributed by atoms with E-state index < -0.39 is 0 Å². The Morgan fingerprint density at radius 3 is 2.62 bits per heavy atom. The van der Waals surface area contributed by atoms with Crippen LogP contribution in [0.1, 0.15) is 51.1 Å². The van der Waals surface area contributed by atoms with Crippen molar-refractivity contribution in [2.24, 2.45) is 0 Å². The topological polar surface area (TPSA) is 29.9 Å². The molecular weight excluding hydrogens is 198 g/mol. The molecule has 1 aliphatic carbocycles. The lowest BCUT2D eigenvalue weighted by Gasteiger charge is -2.25. The number of rotatable bonds is 4. The van der Waals surface area contributed by atoms with Gasteiger partial charge in [0.15, 0.2) is 0 Å². The van der Waals surface area contributed by atoms with Crippen molar-refractivity contribution in [2.75, 3.05) is 0 Å². The van der Waals surface area contributed by atoms with Crippen molar-refractivity contribution in [2.45, 2.75) is 64.6 Å². The second kappa shape index (κ2) is 5.00. The third-order valence-corrected chi connectivity index (χ3v) is 3.73. The molecule has 1 aromatic rings. The van der Waals surface area contributed by atoms with Gasteiger partial charge < -0.3 is 5.32 Å². The Bertz CT molecular complexity index is 326. The summed E-state index contributed by atoms with van der Waals surface area (Å²) in [5.74, 6) is 0. The minimum absolute atomic E-state index is 0.425. The molecule has 1 heterocycles. The van der Waals surface area contributed by atoms with Crippen molar-refractivity contribution in [3.63, 3.8) is 0 Å². The van der Waals surface area contributed by atoms with E-state index in [9.17, 15) is 0 Å². The van der Waals surface area contributed by atoms with Gasteiger partial charge in [0.1, 0.15) is 0 Å². The molecule has 1 aliphatic rings. The van der Waals surface area contributed by atoms with E-state index in [1.165, 1.54) is 31.2 Å². The van der Waals surface area contributed by atoms with Gasteiger partial charge in [-0.25, -0.2) is 0 Å². The molecule has 3 heteroatoms. The van der Waals surface area contributed by atoms with Crippen molar-refractivity contribution >= 4 is 0 Å². The van der Waals surface area contributed by atoms with Crippen molar-refractivity contribution in [3.8, 4) is 0 Å². The van der Waals surface area contributed by atoms with Gasteiger partial charge >= 0.3 is 0 Å². The number of hydrogen-bond donors (Lipinski definition) is 1. The fraction of sp³-hybridized carbons (Fsp3) is 0.769. The van der Waals surface area contributed by atoms with Gasteiger partial charge in [0, 0.05) is 18.3 Å². The summed E-state index contributed by atoms with van der Waals surface area (Å²) >= 11 is 0. The van der Waals surface area contributed by atoms with Crippen LogP contribution in [0.15, 0.2) is 12.4 Å². The van der Waals surface area contributed by atoms with E-state index in [2.05, 4.69) is 42.1 Å². The van der Waals surface area contributed by atoms with E-state index in [4.69, 9.17) is 0 Å². The highest BCUT2D eigenvalue weighted by Gasteiger charge is 2.21. The third kappa shape index (κ3) is 2.64. The predicted octanol–water partition coefficient (Wildman–Crippen LogP) is 2.67. The van der Waals surface area contributed by atoms with Crippen molar-refractivity contribution in [3.05, 3.63) is 18.0 Å². The third-order valence-electron chi connectivity index (χ3n) is 3.73. The standard InChI is InChI=1S/C13H23N3/c1-10-8-14-16(9-10)12(3)11(2)15-13-6-4-5-7-13/h8-9,11-13,15H,4-7H2,1-3H3/t11-,12+/m1/s1. The van der Waals surface area contributed by atoms with Crippen LogP contribution in [0.4, 0.5) is 0 Å². The molecule has 0 amide bonds. The largest absolute Gasteiger partial charge is 0.309 e. The first-order chi connectivity index (χ1) is 7.66. The number of aromatic nitrogens is 2. The minimum Gasteiger partial charge on any atom is -0.309 e. The van der Waals surface area contributed by atoms with E-state index >= 15 is 0 Å². The molecule has 0 bridgehead atoms. The normalized spacial score (nSPS) is 21.2. The van der Waals surface area contributed by atoms with Gasteiger partial charge in [-0.1, -0.05) is 12.8 Å². The van der Waals surface area contributed by atoms with Crippen molar-refractivity contribution in [1.29, 1.82) is 0 Å². The Balaban J connectivity index is 1.90. The molecule has 3 nitrogen and oxygen atoms in total. The fourth-order valence-electron chi connectivity index (χ4n) is 2.49. The Morgan fingerprint density at radius 2 is 2.06 bits per heavy atom. The summed E-state index contributed by atoms with van der Waals surface area (Å²) in [5.41, 5.74) is 1.24. The molecule has 1 saturated carbocycles. The monoisotopic (exact) mass is 221 g/mol. The van der Waals surface area contributed by atoms with Crippen LogP contribution in [0, 0.1) is 6.92 Å². The van der Waals surface area contributed by atoms with E-state index in [0.29, 0.717) is 12.1 Å². The van der Waals surface area contributed by atoms with Gasteiger partial charge in [0.25, 0.3) is 0 Å². The Kier molecular flexibility index (Phi) is 3.64. The predicted molar refractivity (Wildman–Crippen MR) is 66.5 cm³/mol. The Morgan fingerprint density at radius 1 is 1.38 bits per heavy atom. The zero-order valence-electron chi connectivity index (χ0n) is 10.6. The van der Waals surface area contributed by atoms with Crippen molar-refractivity contribution in [1.82, 2.24) is 15.1 Å². The quantitative estimate of drug-likeness (QED) is 0.847. The molecule has 0 radical (unpaired) electrons. The zero-order chi connectivity index (χ0) is 11.5. The van der Waals surface area contributed by atoms with Crippen LogP contribution in [0.3, 0.4) is 0 Å². The molecule has 1 aromatic heterocycles. The molecule has 16 heavy (non-hydrogen) atoms. The average Bonchev–Trinajstić information content (AvgIpc) is 2.88. The van der Waals surface area contributed by atoms with Gasteiger partial charge in [-0.3, -0.25) is 4.68 Å². The van der Waals surface area contributed by atoms with E-state index in [1.807, 2.05) is 6.20 Å². The maximum atomic E-state index is 4.39. The maximum Gasteiger partial charge on any atom is 0.0641 e. The smallest absolute Gasteiger partial charge is 0.0641 e. The summed E-state index contributed by atoms with van der Waals surface area (Å²) < 4.78 is 2.07. The summed E-state index contributed by atoms with van der Waals surface area (Å²) in [6, 6.07) is 1.64. The molecule has 1 N–H and O–H groups in total. The lowest BCUT2D eigenvalue weighted by molar-refractivity contribution is 0.333. The molecule has 1 fully saturated rings. The summed E-state index contributed by atoms with van der Waals surface area (Å²) in [5, 5.41) is 8.11. The van der Waals surface area contributed by atoms with E-state index in [0.717, 1.165) is 6.04 Å². The highest BCUT2D eigenvalue weighted by Crippen LogP contribution is 2.20. The van der Waals surface area contributed by atoms with Crippen molar-refractivity contribution < 1.29 is 0 Å². The van der Waals surface area contributed by atoms with Gasteiger partial charge in [-0.05, 0) is 39.2 Å². The van der Waals surface area contributed by atoms with Gasteiger partial charge in [0.2, 0.25) is 0 Å². The SMILES string of the molecule is Cc1cnn([C@@H](C)[C@@H](C)NC2CCCC2)c1. The van der Waals surface area contributed by atoms with Gasteiger partial charge in [-0.2, -0.15) is 5.10 Å². The molecule has 0 aromatic carbocycles. The zero-order valence-corrected chi connectivity index (χ0v) is 10.6. The molecular formula is C13H23N3. The van der Waals surface area contributed by atoms with Crippen LogP contribution < -0.4 is 5.32 Å². The molecule has 90 valence electrons. The number of aryl methyl sites for hydroxylation is 1.